The highest BCUT2D eigenvalue weighted by Gasteiger charge is 2.29. The summed E-state index contributed by atoms with van der Waals surface area (Å²) in [5.41, 5.74) is 3.19. The van der Waals surface area contributed by atoms with Crippen molar-refractivity contribution in [2.45, 2.75) is 91.6 Å². The van der Waals surface area contributed by atoms with E-state index in [0.29, 0.717) is 46.0 Å². The largest absolute Gasteiger partial charge is 0.496 e. The van der Waals surface area contributed by atoms with Gasteiger partial charge in [0.15, 0.2) is 11.6 Å². The Kier molecular flexibility index (Phi) is 20.2. The first-order chi connectivity index (χ1) is 34.4. The number of carbonyl (C=O) groups is 4. The maximum atomic E-state index is 12.4. The van der Waals surface area contributed by atoms with Gasteiger partial charge in [0.1, 0.15) is 47.4 Å². The minimum atomic E-state index is -0.703. The van der Waals surface area contributed by atoms with Gasteiger partial charge in [-0.25, -0.2) is 19.9 Å². The van der Waals surface area contributed by atoms with Crippen LogP contribution in [0.3, 0.4) is 0 Å². The number of hydrogen-bond acceptors (Lipinski definition) is 16. The van der Waals surface area contributed by atoms with Crippen molar-refractivity contribution in [3.05, 3.63) is 144 Å². The summed E-state index contributed by atoms with van der Waals surface area (Å²) in [4.78, 5) is 67.6. The zero-order valence-corrected chi connectivity index (χ0v) is 42.6. The molecule has 6 rings (SSSR count). The first-order valence-corrected chi connectivity index (χ1v) is 23.3. The second-order valence-corrected chi connectivity index (χ2v) is 18.4. The lowest BCUT2D eigenvalue weighted by molar-refractivity contribution is -0.160. The third kappa shape index (κ3) is 17.2. The Morgan fingerprint density at radius 3 is 1.17 bits per heavy atom. The van der Waals surface area contributed by atoms with Gasteiger partial charge >= 0.3 is 23.9 Å². The average molecular weight is 985 g/mol. The monoisotopic (exact) mass is 984 g/mol. The molecule has 72 heavy (non-hydrogen) atoms. The van der Waals surface area contributed by atoms with E-state index >= 15 is 0 Å². The van der Waals surface area contributed by atoms with E-state index < -0.39 is 46.9 Å². The topological polar surface area (TPSA) is 194 Å². The van der Waals surface area contributed by atoms with E-state index in [1.807, 2.05) is 97.1 Å². The van der Waals surface area contributed by atoms with Gasteiger partial charge in [-0.2, -0.15) is 0 Å². The van der Waals surface area contributed by atoms with Gasteiger partial charge in [-0.05, 0) is 114 Å². The molecule has 6 aromatic rings. The Bertz CT molecular complexity index is 2560. The lowest BCUT2D eigenvalue weighted by Gasteiger charge is -2.22. The van der Waals surface area contributed by atoms with E-state index in [0.717, 1.165) is 22.3 Å². The van der Waals surface area contributed by atoms with Crippen LogP contribution in [0.15, 0.2) is 122 Å². The van der Waals surface area contributed by atoms with E-state index in [1.165, 1.54) is 14.2 Å². The van der Waals surface area contributed by atoms with Crippen LogP contribution in [-0.4, -0.2) is 83.5 Å². The zero-order valence-electron chi connectivity index (χ0n) is 42.6. The fourth-order valence-corrected chi connectivity index (χ4v) is 7.31. The number of benzene rings is 4. The fraction of sp³-hybridized carbons (Fsp3) is 0.357. The first kappa shape index (κ1) is 55.1. The summed E-state index contributed by atoms with van der Waals surface area (Å²) >= 11 is 0. The fourth-order valence-electron chi connectivity index (χ4n) is 7.31. The van der Waals surface area contributed by atoms with Crippen LogP contribution in [0, 0.1) is 11.8 Å². The van der Waals surface area contributed by atoms with Crippen molar-refractivity contribution in [3.8, 4) is 45.8 Å². The molecule has 16 heteroatoms. The lowest BCUT2D eigenvalue weighted by atomic mass is 9.95. The van der Waals surface area contributed by atoms with Crippen LogP contribution in [0.2, 0.25) is 0 Å². The maximum absolute atomic E-state index is 12.4. The van der Waals surface area contributed by atoms with Crippen molar-refractivity contribution in [2.75, 3.05) is 28.4 Å². The zero-order chi connectivity index (χ0) is 52.3. The SMILES string of the molecule is COC(=O)[C@@H](CC(=O)OC(C)(C)C)Cc1ccccc1OCc1ccnc(-c2ccccc2OC)n1.COC(=O)[C@H](CC(=O)OC(C)(C)C)Cc1ccccc1OCc1ccnc(-c2ccccc2OC)n1. The van der Waals surface area contributed by atoms with Crippen molar-refractivity contribution in [1.82, 2.24) is 19.9 Å². The smallest absolute Gasteiger partial charge is 0.309 e. The van der Waals surface area contributed by atoms with E-state index in [9.17, 15) is 19.2 Å². The van der Waals surface area contributed by atoms with Gasteiger partial charge in [0.2, 0.25) is 0 Å². The predicted molar refractivity (Wildman–Crippen MR) is 269 cm³/mol. The van der Waals surface area contributed by atoms with E-state index in [2.05, 4.69) is 19.9 Å². The van der Waals surface area contributed by atoms with Gasteiger partial charge in [0.05, 0.1) is 75.6 Å². The Balaban J connectivity index is 0.000000267. The summed E-state index contributed by atoms with van der Waals surface area (Å²) in [5.74, 6) is 0.329. The number of methoxy groups -OCH3 is 4. The van der Waals surface area contributed by atoms with Crippen LogP contribution in [0.1, 0.15) is 76.9 Å². The standard InChI is InChI=1S/2C28H32N2O6/c2*1-28(2,3)36-25(31)17-20(27(32)34-5)16-19-10-6-8-12-23(19)35-18-21-14-15-29-26(30-21)22-11-7-9-13-24(22)33-4/h2*6-15,20H,16-18H2,1-5H3/t2*20-/m10/s1. The molecule has 4 aromatic carbocycles. The number of esters is 4. The van der Waals surface area contributed by atoms with Gasteiger partial charge < -0.3 is 37.9 Å². The molecule has 0 spiro atoms. The molecule has 0 N–H and O–H groups in total. The summed E-state index contributed by atoms with van der Waals surface area (Å²) in [6, 6.07) is 33.4. The van der Waals surface area contributed by atoms with E-state index in [4.69, 9.17) is 37.9 Å². The highest BCUT2D eigenvalue weighted by atomic mass is 16.6. The summed E-state index contributed by atoms with van der Waals surface area (Å²) in [6.45, 7) is 11.1. The molecule has 0 aliphatic rings. The Morgan fingerprint density at radius 1 is 0.472 bits per heavy atom. The molecule has 16 nitrogen and oxygen atoms in total. The molecule has 0 amide bonds. The molecule has 0 unspecified atom stereocenters. The van der Waals surface area contributed by atoms with Gasteiger partial charge in [0.25, 0.3) is 0 Å². The average Bonchev–Trinajstić information content (AvgIpc) is 3.36. The minimum absolute atomic E-state index is 0.0908. The number of hydrogen-bond donors (Lipinski definition) is 0. The van der Waals surface area contributed by atoms with Gasteiger partial charge in [-0.15, -0.1) is 0 Å². The molecular weight excluding hydrogens is 921 g/mol. The van der Waals surface area contributed by atoms with E-state index in [1.54, 1.807) is 80.3 Å². The molecular formula is C56H64N4O12. The summed E-state index contributed by atoms with van der Waals surface area (Å²) in [6.07, 6.45) is 3.69. The molecule has 2 aromatic heterocycles. The Morgan fingerprint density at radius 2 is 0.819 bits per heavy atom. The molecule has 0 aliphatic heterocycles. The molecule has 0 radical (unpaired) electrons. The van der Waals surface area contributed by atoms with Crippen LogP contribution < -0.4 is 18.9 Å². The molecule has 2 heterocycles. The van der Waals surface area contributed by atoms with E-state index in [-0.39, 0.29) is 38.9 Å². The van der Waals surface area contributed by atoms with Crippen LogP contribution in [0.25, 0.3) is 22.8 Å². The lowest BCUT2D eigenvalue weighted by Crippen LogP contribution is -2.28. The Hall–Kier alpha value is -7.88. The molecule has 380 valence electrons. The number of carbonyl (C=O) groups excluding carboxylic acids is 4. The molecule has 0 saturated carbocycles. The normalized spacial score (nSPS) is 11.9. The highest BCUT2D eigenvalue weighted by Crippen LogP contribution is 2.30. The summed E-state index contributed by atoms with van der Waals surface area (Å²) in [7, 11) is 5.82. The minimum Gasteiger partial charge on any atom is -0.496 e. The maximum Gasteiger partial charge on any atom is 0.309 e. The summed E-state index contributed by atoms with van der Waals surface area (Å²) < 4.78 is 43.7. The summed E-state index contributed by atoms with van der Waals surface area (Å²) in [5, 5.41) is 0. The van der Waals surface area contributed by atoms with Crippen molar-refractivity contribution >= 4 is 23.9 Å². The highest BCUT2D eigenvalue weighted by molar-refractivity contribution is 5.81. The predicted octanol–water partition coefficient (Wildman–Crippen LogP) is 9.59. The molecule has 0 saturated heterocycles. The molecule has 0 aliphatic carbocycles. The third-order valence-electron chi connectivity index (χ3n) is 10.5. The van der Waals surface area contributed by atoms with Crippen molar-refractivity contribution in [2.24, 2.45) is 11.8 Å². The third-order valence-corrected chi connectivity index (χ3v) is 10.5. The Labute approximate surface area is 421 Å². The van der Waals surface area contributed by atoms with Gasteiger partial charge in [-0.3, -0.25) is 19.2 Å². The van der Waals surface area contributed by atoms with Crippen LogP contribution in [0.5, 0.6) is 23.0 Å². The van der Waals surface area contributed by atoms with Crippen molar-refractivity contribution in [3.63, 3.8) is 0 Å². The van der Waals surface area contributed by atoms with Crippen LogP contribution in [0.4, 0.5) is 0 Å². The van der Waals surface area contributed by atoms with Crippen molar-refractivity contribution < 1.29 is 57.1 Å². The molecule has 0 bridgehead atoms. The number of para-hydroxylation sites is 4. The van der Waals surface area contributed by atoms with Crippen LogP contribution in [-0.2, 0) is 64.2 Å². The second-order valence-electron chi connectivity index (χ2n) is 18.4. The number of aromatic nitrogens is 4. The quantitative estimate of drug-likeness (QED) is 0.0518. The van der Waals surface area contributed by atoms with Crippen molar-refractivity contribution in [1.29, 1.82) is 0 Å². The molecule has 0 fully saturated rings. The van der Waals surface area contributed by atoms with Crippen LogP contribution >= 0.6 is 0 Å². The molecule has 2 atom stereocenters. The number of ether oxygens (including phenoxy) is 8. The number of nitrogens with zero attached hydrogens (tertiary/aromatic N) is 4. The van der Waals surface area contributed by atoms with Gasteiger partial charge in [-0.1, -0.05) is 60.7 Å². The van der Waals surface area contributed by atoms with Gasteiger partial charge in [0, 0.05) is 12.4 Å². The first-order valence-electron chi connectivity index (χ1n) is 23.3. The second kappa shape index (κ2) is 26.4. The number of rotatable bonds is 20.